The first-order valence-electron chi connectivity index (χ1n) is 7.05. The van der Waals surface area contributed by atoms with Gasteiger partial charge in [-0.1, -0.05) is 47.0 Å². The second kappa shape index (κ2) is 9.67. The Labute approximate surface area is 158 Å². The Hall–Kier alpha value is 0.0600. The Kier molecular flexibility index (Phi) is 8.91. The average Bonchev–Trinajstić information content (AvgIpc) is 2.42. The highest BCUT2D eigenvalue weighted by Crippen LogP contribution is 2.55. The number of aromatic hydroxyl groups is 2. The van der Waals surface area contributed by atoms with E-state index in [9.17, 15) is 30.6 Å². The van der Waals surface area contributed by atoms with Gasteiger partial charge in [-0.3, -0.25) is 0 Å². The fraction of sp³-hybridized carbons (Fsp3) is 0.571. The molecular formula is C14H22O6S4. The Morgan fingerprint density at radius 1 is 0.500 bits per heavy atom. The molecule has 0 aromatic heterocycles. The maximum absolute atomic E-state index is 10.6. The largest absolute Gasteiger partial charge is 0.506 e. The second-order valence-corrected chi connectivity index (χ2v) is 10.2. The van der Waals surface area contributed by atoms with Crippen LogP contribution in [0.3, 0.4) is 0 Å². The molecule has 1 aromatic rings. The smallest absolute Gasteiger partial charge is 0.145 e. The fourth-order valence-corrected chi connectivity index (χ4v) is 5.50. The lowest BCUT2D eigenvalue weighted by Gasteiger charge is -2.22. The van der Waals surface area contributed by atoms with Gasteiger partial charge in [0.15, 0.2) is 0 Å². The van der Waals surface area contributed by atoms with Gasteiger partial charge in [0.2, 0.25) is 0 Å². The van der Waals surface area contributed by atoms with Crippen molar-refractivity contribution in [3.8, 4) is 11.5 Å². The van der Waals surface area contributed by atoms with Crippen LogP contribution in [0.2, 0.25) is 0 Å². The summed E-state index contributed by atoms with van der Waals surface area (Å²) in [7, 11) is 0. The molecule has 0 bridgehead atoms. The van der Waals surface area contributed by atoms with E-state index in [4.69, 9.17) is 0 Å². The molecule has 24 heavy (non-hydrogen) atoms. The highest BCUT2D eigenvalue weighted by Gasteiger charge is 2.28. The summed E-state index contributed by atoms with van der Waals surface area (Å²) in [6.45, 7) is 6.05. The number of phenols is 2. The van der Waals surface area contributed by atoms with Crippen LogP contribution in [0.5, 0.6) is 11.5 Å². The first-order valence-corrected chi connectivity index (χ1v) is 10.6. The maximum Gasteiger partial charge on any atom is 0.145 e. The maximum atomic E-state index is 10.6. The molecule has 6 N–H and O–H groups in total. The summed E-state index contributed by atoms with van der Waals surface area (Å²) in [6, 6.07) is 0. The summed E-state index contributed by atoms with van der Waals surface area (Å²) in [6.07, 6.45) is 0. The van der Waals surface area contributed by atoms with E-state index in [-0.39, 0.29) is 31.1 Å². The SMILES string of the molecule is CC(O)Sc1c(O)c(SC(C)O)c(SC(C)O)c(O)c1SC(C)O. The molecule has 1 rings (SSSR count). The van der Waals surface area contributed by atoms with Crippen LogP contribution in [0.25, 0.3) is 0 Å². The molecule has 0 radical (unpaired) electrons. The Morgan fingerprint density at radius 2 is 0.667 bits per heavy atom. The molecule has 0 saturated carbocycles. The number of benzene rings is 1. The minimum atomic E-state index is -0.858. The topological polar surface area (TPSA) is 121 Å². The van der Waals surface area contributed by atoms with Crippen molar-refractivity contribution >= 4 is 47.0 Å². The highest BCUT2D eigenvalue weighted by molar-refractivity contribution is 8.04. The Bertz CT molecular complexity index is 469. The van der Waals surface area contributed by atoms with E-state index in [0.717, 1.165) is 47.0 Å². The minimum Gasteiger partial charge on any atom is -0.506 e. The molecule has 1 aromatic carbocycles. The van der Waals surface area contributed by atoms with Crippen LogP contribution >= 0.6 is 47.0 Å². The zero-order valence-corrected chi connectivity index (χ0v) is 16.9. The summed E-state index contributed by atoms with van der Waals surface area (Å²) in [5, 5.41) is 59.9. The van der Waals surface area contributed by atoms with E-state index < -0.39 is 21.7 Å². The number of aliphatic hydroxyl groups excluding tert-OH is 4. The monoisotopic (exact) mass is 414 g/mol. The van der Waals surface area contributed by atoms with Crippen molar-refractivity contribution in [2.45, 2.75) is 69.0 Å². The number of phenolic OH excluding ortho intramolecular Hbond substituents is 2. The number of hydrogen-bond acceptors (Lipinski definition) is 10. The van der Waals surface area contributed by atoms with Crippen LogP contribution in [0.15, 0.2) is 19.6 Å². The molecular weight excluding hydrogens is 392 g/mol. The van der Waals surface area contributed by atoms with Gasteiger partial charge in [-0.2, -0.15) is 0 Å². The van der Waals surface area contributed by atoms with Crippen molar-refractivity contribution in [1.29, 1.82) is 0 Å². The molecule has 10 heteroatoms. The summed E-state index contributed by atoms with van der Waals surface area (Å²) in [5.41, 5.74) is -3.43. The lowest BCUT2D eigenvalue weighted by atomic mass is 10.3. The van der Waals surface area contributed by atoms with Gasteiger partial charge in [0.1, 0.15) is 33.2 Å². The van der Waals surface area contributed by atoms with Gasteiger partial charge in [-0.15, -0.1) is 0 Å². The average molecular weight is 415 g/mol. The molecule has 6 nitrogen and oxygen atoms in total. The molecule has 0 spiro atoms. The van der Waals surface area contributed by atoms with Gasteiger partial charge in [0.05, 0.1) is 19.6 Å². The number of hydrogen-bond donors (Lipinski definition) is 6. The van der Waals surface area contributed by atoms with Crippen LogP contribution in [0.4, 0.5) is 0 Å². The van der Waals surface area contributed by atoms with E-state index in [1.165, 1.54) is 27.7 Å². The molecule has 4 atom stereocenters. The van der Waals surface area contributed by atoms with Gasteiger partial charge in [-0.05, 0) is 27.7 Å². The standard InChI is InChI=1S/C14H22O6S4/c1-5(15)21-11-9(19)13(23-7(3)17)14(24-8(4)18)10(20)12(11)22-6(2)16/h5-8,15-20H,1-4H3. The molecule has 4 unspecified atom stereocenters. The van der Waals surface area contributed by atoms with E-state index in [2.05, 4.69) is 0 Å². The molecule has 0 fully saturated rings. The molecule has 0 aliphatic carbocycles. The van der Waals surface area contributed by atoms with Gasteiger partial charge in [0.25, 0.3) is 0 Å². The zero-order chi connectivity index (χ0) is 18.6. The summed E-state index contributed by atoms with van der Waals surface area (Å²) in [5.74, 6) is -0.424. The van der Waals surface area contributed by atoms with Crippen molar-refractivity contribution in [1.82, 2.24) is 0 Å². The van der Waals surface area contributed by atoms with Gasteiger partial charge < -0.3 is 30.6 Å². The summed E-state index contributed by atoms with van der Waals surface area (Å²) >= 11 is 3.69. The third kappa shape index (κ3) is 6.10. The van der Waals surface area contributed by atoms with E-state index in [1.807, 2.05) is 0 Å². The molecule has 0 saturated heterocycles. The van der Waals surface area contributed by atoms with E-state index >= 15 is 0 Å². The van der Waals surface area contributed by atoms with Crippen molar-refractivity contribution in [3.05, 3.63) is 0 Å². The van der Waals surface area contributed by atoms with Gasteiger partial charge in [0, 0.05) is 0 Å². The van der Waals surface area contributed by atoms with Crippen molar-refractivity contribution in [2.24, 2.45) is 0 Å². The molecule has 0 heterocycles. The van der Waals surface area contributed by atoms with Crippen molar-refractivity contribution < 1.29 is 30.6 Å². The van der Waals surface area contributed by atoms with Crippen LogP contribution < -0.4 is 0 Å². The predicted molar refractivity (Wildman–Crippen MR) is 99.9 cm³/mol. The van der Waals surface area contributed by atoms with Crippen LogP contribution in [-0.2, 0) is 0 Å². The first-order chi connectivity index (χ1) is 11.0. The fourth-order valence-electron chi connectivity index (χ4n) is 1.76. The molecule has 0 aliphatic heterocycles. The predicted octanol–water partition coefficient (Wildman–Crippen LogP) is 2.82. The van der Waals surface area contributed by atoms with Crippen molar-refractivity contribution in [2.75, 3.05) is 0 Å². The van der Waals surface area contributed by atoms with Crippen molar-refractivity contribution in [3.63, 3.8) is 0 Å². The Morgan fingerprint density at radius 3 is 0.792 bits per heavy atom. The van der Waals surface area contributed by atoms with Crippen LogP contribution in [0, 0.1) is 0 Å². The van der Waals surface area contributed by atoms with Gasteiger partial charge >= 0.3 is 0 Å². The lowest BCUT2D eigenvalue weighted by molar-refractivity contribution is 0.280. The van der Waals surface area contributed by atoms with E-state index in [1.54, 1.807) is 0 Å². The summed E-state index contributed by atoms with van der Waals surface area (Å²) in [4.78, 5) is 0.857. The Balaban J connectivity index is 3.64. The van der Waals surface area contributed by atoms with Gasteiger partial charge in [-0.25, -0.2) is 0 Å². The van der Waals surface area contributed by atoms with E-state index in [0.29, 0.717) is 0 Å². The number of thioether (sulfide) groups is 4. The summed E-state index contributed by atoms with van der Waals surface area (Å²) < 4.78 is 0. The third-order valence-corrected chi connectivity index (χ3v) is 6.58. The van der Waals surface area contributed by atoms with Crippen LogP contribution in [0.1, 0.15) is 27.7 Å². The number of rotatable bonds is 8. The molecule has 0 aliphatic rings. The quantitative estimate of drug-likeness (QED) is 0.215. The molecule has 0 amide bonds. The van der Waals surface area contributed by atoms with Crippen LogP contribution in [-0.4, -0.2) is 52.4 Å². The first kappa shape index (κ1) is 22.1. The third-order valence-electron chi connectivity index (χ3n) is 2.43. The highest BCUT2D eigenvalue weighted by atomic mass is 32.2. The zero-order valence-electron chi connectivity index (χ0n) is 13.6. The number of aliphatic hydroxyl groups is 4. The minimum absolute atomic E-state index is 0.212. The second-order valence-electron chi connectivity index (χ2n) is 4.88. The molecule has 138 valence electrons. The lowest BCUT2D eigenvalue weighted by Crippen LogP contribution is -2.02. The normalized spacial score (nSPS) is 16.7.